The molecule has 1 unspecified atom stereocenters. The van der Waals surface area contributed by atoms with E-state index in [0.717, 1.165) is 17.8 Å². The number of ether oxygens (including phenoxy) is 1. The molecule has 1 saturated heterocycles. The lowest BCUT2D eigenvalue weighted by molar-refractivity contribution is -0.133. The van der Waals surface area contributed by atoms with Gasteiger partial charge in [0.2, 0.25) is 0 Å². The first-order valence-corrected chi connectivity index (χ1v) is 9.19. The van der Waals surface area contributed by atoms with E-state index in [1.54, 1.807) is 12.1 Å². The quantitative estimate of drug-likeness (QED) is 0.665. The molecule has 4 nitrogen and oxygen atoms in total. The summed E-state index contributed by atoms with van der Waals surface area (Å²) in [6, 6.07) is 8.92. The predicted molar refractivity (Wildman–Crippen MR) is 101 cm³/mol. The number of aldehydes is 1. The first-order valence-electron chi connectivity index (χ1n) is 8.43. The van der Waals surface area contributed by atoms with Crippen molar-refractivity contribution < 1.29 is 18.3 Å². The van der Waals surface area contributed by atoms with Crippen LogP contribution in [0, 0.1) is 11.6 Å². The molecule has 0 saturated carbocycles. The van der Waals surface area contributed by atoms with Crippen molar-refractivity contribution in [2.45, 2.75) is 12.8 Å². The molecular weight excluding hydrogens is 397 g/mol. The van der Waals surface area contributed by atoms with E-state index in [-0.39, 0.29) is 12.2 Å². The van der Waals surface area contributed by atoms with E-state index in [0.29, 0.717) is 42.5 Å². The third-order valence-corrected chi connectivity index (χ3v) is 5.04. The number of carbonyl (C=O) groups is 1. The molecule has 0 amide bonds. The van der Waals surface area contributed by atoms with Gasteiger partial charge in [0.15, 0.2) is 12.5 Å². The van der Waals surface area contributed by atoms with Crippen LogP contribution in [0.25, 0.3) is 0 Å². The van der Waals surface area contributed by atoms with Crippen molar-refractivity contribution in [2.24, 2.45) is 0 Å². The normalized spacial score (nSPS) is 16.4. The van der Waals surface area contributed by atoms with Crippen LogP contribution in [0.3, 0.4) is 0 Å². The summed E-state index contributed by atoms with van der Waals surface area (Å²) in [7, 11) is 0. The predicted octanol–water partition coefficient (Wildman–Crippen LogP) is 4.14. The van der Waals surface area contributed by atoms with Crippen LogP contribution in [0.15, 0.2) is 36.4 Å². The molecule has 1 aliphatic heterocycles. The van der Waals surface area contributed by atoms with Crippen molar-refractivity contribution in [1.82, 2.24) is 4.90 Å². The van der Waals surface area contributed by atoms with Crippen LogP contribution in [-0.2, 0) is 16.1 Å². The monoisotopic (exact) mass is 414 g/mol. The minimum Gasteiger partial charge on any atom is -0.368 e. The van der Waals surface area contributed by atoms with Gasteiger partial charge in [-0.05, 0) is 30.3 Å². The first kappa shape index (κ1) is 20.0. The standard InChI is InChI=1S/C19H18Cl2F2N2O2/c20-13-4-5-18(15(21)10-13)24-6-8-25(9-7-24)19(11-26)27-12-14-16(22)2-1-3-17(14)23/h1-5,10-11,19H,6-9,12H2. The molecule has 0 radical (unpaired) electrons. The lowest BCUT2D eigenvalue weighted by Crippen LogP contribution is -2.51. The maximum Gasteiger partial charge on any atom is 0.167 e. The van der Waals surface area contributed by atoms with Crippen molar-refractivity contribution >= 4 is 35.2 Å². The minimum atomic E-state index is -0.869. The van der Waals surface area contributed by atoms with Crippen molar-refractivity contribution in [1.29, 1.82) is 0 Å². The second-order valence-corrected chi connectivity index (χ2v) is 7.00. The highest BCUT2D eigenvalue weighted by atomic mass is 35.5. The van der Waals surface area contributed by atoms with Gasteiger partial charge in [0, 0.05) is 36.8 Å². The fraction of sp³-hybridized carbons (Fsp3) is 0.316. The third kappa shape index (κ3) is 4.76. The molecule has 1 atom stereocenters. The summed E-state index contributed by atoms with van der Waals surface area (Å²) in [5, 5.41) is 1.13. The third-order valence-electron chi connectivity index (χ3n) is 4.50. The maximum absolute atomic E-state index is 13.7. The van der Waals surface area contributed by atoms with Crippen LogP contribution in [0.5, 0.6) is 0 Å². The van der Waals surface area contributed by atoms with Gasteiger partial charge in [-0.1, -0.05) is 29.3 Å². The molecule has 27 heavy (non-hydrogen) atoms. The minimum absolute atomic E-state index is 0.184. The van der Waals surface area contributed by atoms with Gasteiger partial charge in [-0.3, -0.25) is 9.69 Å². The van der Waals surface area contributed by atoms with Gasteiger partial charge < -0.3 is 9.64 Å². The Morgan fingerprint density at radius 3 is 2.33 bits per heavy atom. The number of hydrogen-bond donors (Lipinski definition) is 0. The second-order valence-electron chi connectivity index (χ2n) is 6.16. The average Bonchev–Trinajstić information content (AvgIpc) is 2.65. The van der Waals surface area contributed by atoms with E-state index < -0.39 is 17.9 Å². The summed E-state index contributed by atoms with van der Waals surface area (Å²) in [6.07, 6.45) is -0.226. The van der Waals surface area contributed by atoms with E-state index in [1.807, 2.05) is 11.0 Å². The average molecular weight is 415 g/mol. The van der Waals surface area contributed by atoms with Crippen LogP contribution in [-0.4, -0.2) is 43.6 Å². The summed E-state index contributed by atoms with van der Waals surface area (Å²) in [6.45, 7) is 2.03. The van der Waals surface area contributed by atoms with Crippen LogP contribution in [0.2, 0.25) is 10.0 Å². The summed E-state index contributed by atoms with van der Waals surface area (Å²) in [5.41, 5.74) is 0.689. The Morgan fingerprint density at radius 1 is 1.07 bits per heavy atom. The highest BCUT2D eigenvalue weighted by molar-refractivity contribution is 6.36. The molecular formula is C19H18Cl2F2N2O2. The number of piperazine rings is 1. The molecule has 1 aliphatic rings. The number of benzene rings is 2. The Kier molecular flexibility index (Phi) is 6.65. The summed E-state index contributed by atoms with van der Waals surface area (Å²) in [4.78, 5) is 15.4. The Bertz CT molecular complexity index is 794. The lowest BCUT2D eigenvalue weighted by Gasteiger charge is -2.38. The number of carbonyl (C=O) groups excluding carboxylic acids is 1. The van der Waals surface area contributed by atoms with Crippen molar-refractivity contribution in [2.75, 3.05) is 31.1 Å². The Labute approximate surface area is 166 Å². The molecule has 0 bridgehead atoms. The topological polar surface area (TPSA) is 32.8 Å². The molecule has 2 aromatic carbocycles. The van der Waals surface area contributed by atoms with Crippen molar-refractivity contribution in [3.05, 3.63) is 63.6 Å². The lowest BCUT2D eigenvalue weighted by atomic mass is 10.2. The molecule has 1 fully saturated rings. The molecule has 8 heteroatoms. The fourth-order valence-electron chi connectivity index (χ4n) is 3.02. The van der Waals surface area contributed by atoms with Crippen LogP contribution < -0.4 is 4.90 Å². The van der Waals surface area contributed by atoms with Gasteiger partial charge in [-0.15, -0.1) is 0 Å². The van der Waals surface area contributed by atoms with Gasteiger partial charge in [0.1, 0.15) is 11.6 Å². The van der Waals surface area contributed by atoms with Gasteiger partial charge in [-0.25, -0.2) is 8.78 Å². The van der Waals surface area contributed by atoms with Crippen LogP contribution >= 0.6 is 23.2 Å². The highest BCUT2D eigenvalue weighted by Crippen LogP contribution is 2.29. The largest absolute Gasteiger partial charge is 0.368 e. The van der Waals surface area contributed by atoms with Crippen molar-refractivity contribution in [3.8, 4) is 0 Å². The van der Waals surface area contributed by atoms with E-state index in [2.05, 4.69) is 4.90 Å². The van der Waals surface area contributed by atoms with Gasteiger partial charge >= 0.3 is 0 Å². The molecule has 2 aromatic rings. The molecule has 0 aromatic heterocycles. The van der Waals surface area contributed by atoms with Crippen LogP contribution in [0.4, 0.5) is 14.5 Å². The van der Waals surface area contributed by atoms with Crippen LogP contribution in [0.1, 0.15) is 5.56 Å². The van der Waals surface area contributed by atoms with Crippen molar-refractivity contribution in [3.63, 3.8) is 0 Å². The highest BCUT2D eigenvalue weighted by Gasteiger charge is 2.25. The van der Waals surface area contributed by atoms with E-state index >= 15 is 0 Å². The summed E-state index contributed by atoms with van der Waals surface area (Å²) >= 11 is 12.2. The Morgan fingerprint density at radius 2 is 1.74 bits per heavy atom. The molecule has 1 heterocycles. The molecule has 0 spiro atoms. The Hall–Kier alpha value is -1.73. The zero-order valence-electron chi connectivity index (χ0n) is 14.4. The van der Waals surface area contributed by atoms with Gasteiger partial charge in [-0.2, -0.15) is 0 Å². The maximum atomic E-state index is 13.7. The number of nitrogens with zero attached hydrogens (tertiary/aromatic N) is 2. The van der Waals surface area contributed by atoms with Gasteiger partial charge in [0.05, 0.1) is 17.3 Å². The molecule has 0 aliphatic carbocycles. The SMILES string of the molecule is O=CC(OCc1c(F)cccc1F)N1CCN(c2ccc(Cl)cc2Cl)CC1. The van der Waals surface area contributed by atoms with Gasteiger partial charge in [0.25, 0.3) is 0 Å². The van der Waals surface area contributed by atoms with E-state index in [4.69, 9.17) is 27.9 Å². The number of anilines is 1. The zero-order chi connectivity index (χ0) is 19.4. The smallest absolute Gasteiger partial charge is 0.167 e. The number of rotatable bonds is 6. The summed E-state index contributed by atoms with van der Waals surface area (Å²) in [5.74, 6) is -1.39. The fourth-order valence-corrected chi connectivity index (χ4v) is 3.55. The molecule has 0 N–H and O–H groups in total. The van der Waals surface area contributed by atoms with E-state index in [9.17, 15) is 13.6 Å². The summed E-state index contributed by atoms with van der Waals surface area (Å²) < 4.78 is 32.9. The zero-order valence-corrected chi connectivity index (χ0v) is 15.9. The number of hydrogen-bond acceptors (Lipinski definition) is 4. The molecule has 3 rings (SSSR count). The molecule has 144 valence electrons. The van der Waals surface area contributed by atoms with E-state index in [1.165, 1.54) is 6.07 Å². The first-order chi connectivity index (χ1) is 13.0. The number of halogens is 4. The Balaban J connectivity index is 1.59. The second kappa shape index (κ2) is 8.97.